The Bertz CT molecular complexity index is 130. The van der Waals surface area contributed by atoms with Crippen LogP contribution in [0, 0.1) is 5.92 Å². The van der Waals surface area contributed by atoms with Crippen molar-refractivity contribution in [3.05, 3.63) is 0 Å². The van der Waals surface area contributed by atoms with E-state index in [1.165, 1.54) is 64.2 Å². The maximum absolute atomic E-state index is 6.50. The highest BCUT2D eigenvalue weighted by atomic mass is 16.5. The molecule has 0 aromatic carbocycles. The summed E-state index contributed by atoms with van der Waals surface area (Å²) in [7, 11) is 0. The van der Waals surface area contributed by atoms with Crippen molar-refractivity contribution in [1.29, 1.82) is 0 Å². The van der Waals surface area contributed by atoms with Gasteiger partial charge in [-0.05, 0) is 31.6 Å². The van der Waals surface area contributed by atoms with Crippen molar-refractivity contribution in [3.8, 4) is 0 Å². The van der Waals surface area contributed by atoms with Crippen molar-refractivity contribution < 1.29 is 9.94 Å². The summed E-state index contributed by atoms with van der Waals surface area (Å²) in [4.78, 5) is 0. The minimum Gasteiger partial charge on any atom is -0.378 e. The van der Waals surface area contributed by atoms with Gasteiger partial charge in [-0.3, -0.25) is 0 Å². The van der Waals surface area contributed by atoms with Gasteiger partial charge in [-0.25, -0.2) is 5.90 Å². The normalized spacial score (nSPS) is 28.5. The first-order valence-electron chi connectivity index (χ1n) is 6.84. The second-order valence-electron chi connectivity index (χ2n) is 5.01. The van der Waals surface area contributed by atoms with Crippen molar-refractivity contribution in [2.75, 3.05) is 6.61 Å². The number of hydrogen-bond donors (Lipinski definition) is 2. The van der Waals surface area contributed by atoms with Crippen molar-refractivity contribution in [2.45, 2.75) is 70.3 Å². The van der Waals surface area contributed by atoms with Crippen LogP contribution in [0.5, 0.6) is 0 Å². The molecule has 1 saturated carbocycles. The molecule has 1 aliphatic carbocycles. The van der Waals surface area contributed by atoms with Crippen molar-refractivity contribution in [3.63, 3.8) is 0 Å². The van der Waals surface area contributed by atoms with E-state index in [-0.39, 0.29) is 0 Å². The summed E-state index contributed by atoms with van der Waals surface area (Å²) in [5.41, 5.74) is 0. The van der Waals surface area contributed by atoms with Crippen LogP contribution in [0.15, 0.2) is 0 Å². The van der Waals surface area contributed by atoms with E-state index in [9.17, 15) is 0 Å². The molecule has 0 bridgehead atoms. The molecule has 2 rings (SSSR count). The lowest BCUT2D eigenvalue weighted by atomic mass is 9.91. The molecular formula is C13H27NO2. The van der Waals surface area contributed by atoms with Gasteiger partial charge >= 0.3 is 0 Å². The number of hydrogen-bond acceptors (Lipinski definition) is 3. The monoisotopic (exact) mass is 229 g/mol. The Balaban J connectivity index is 0.000000606. The topological polar surface area (TPSA) is 55.5 Å². The first-order chi connectivity index (χ1) is 7.97. The standard InChI is InChI=1S/C13H24O.H3NO/c1-2-5-9-12(8-4-1)13-10-6-3-7-11-14-13;1-2/h12-13H,1-11H2;2H,1H2. The molecule has 1 heterocycles. The fourth-order valence-electron chi connectivity index (χ4n) is 3.00. The Morgan fingerprint density at radius 1 is 0.750 bits per heavy atom. The summed E-state index contributed by atoms with van der Waals surface area (Å²) < 4.78 is 6.00. The van der Waals surface area contributed by atoms with Crippen molar-refractivity contribution in [1.82, 2.24) is 0 Å². The van der Waals surface area contributed by atoms with Gasteiger partial charge in [-0.2, -0.15) is 0 Å². The van der Waals surface area contributed by atoms with Crippen LogP contribution < -0.4 is 5.90 Å². The van der Waals surface area contributed by atoms with Crippen LogP contribution in [0.4, 0.5) is 0 Å². The van der Waals surface area contributed by atoms with E-state index in [0.29, 0.717) is 6.10 Å². The zero-order valence-electron chi connectivity index (χ0n) is 10.4. The fraction of sp³-hybridized carbons (Fsp3) is 1.00. The minimum atomic E-state index is 0.621. The molecule has 96 valence electrons. The van der Waals surface area contributed by atoms with Crippen LogP contribution in [0.2, 0.25) is 0 Å². The summed E-state index contributed by atoms with van der Waals surface area (Å²) in [6.45, 7) is 1.03. The highest BCUT2D eigenvalue weighted by Crippen LogP contribution is 2.30. The number of ether oxygens (including phenoxy) is 1. The van der Waals surface area contributed by atoms with E-state index in [2.05, 4.69) is 5.90 Å². The molecule has 1 unspecified atom stereocenters. The molecule has 1 aliphatic heterocycles. The fourth-order valence-corrected chi connectivity index (χ4v) is 3.00. The lowest BCUT2D eigenvalue weighted by Crippen LogP contribution is -2.23. The molecule has 0 spiro atoms. The average molecular weight is 229 g/mol. The third-order valence-corrected chi connectivity index (χ3v) is 3.89. The maximum atomic E-state index is 6.50. The highest BCUT2D eigenvalue weighted by Gasteiger charge is 2.24. The Labute approximate surface area is 99.3 Å². The Morgan fingerprint density at radius 2 is 1.31 bits per heavy atom. The van der Waals surface area contributed by atoms with Gasteiger partial charge < -0.3 is 9.94 Å². The third-order valence-electron chi connectivity index (χ3n) is 3.89. The van der Waals surface area contributed by atoms with Gasteiger partial charge in [0, 0.05) is 6.61 Å². The Kier molecular flexibility index (Phi) is 7.81. The molecule has 2 aliphatic rings. The van der Waals surface area contributed by atoms with Crippen LogP contribution >= 0.6 is 0 Å². The first-order valence-corrected chi connectivity index (χ1v) is 6.84. The molecule has 0 aromatic rings. The molecule has 0 radical (unpaired) electrons. The van der Waals surface area contributed by atoms with Gasteiger partial charge in [-0.15, -0.1) is 0 Å². The van der Waals surface area contributed by atoms with E-state index in [1.807, 2.05) is 0 Å². The van der Waals surface area contributed by atoms with E-state index >= 15 is 0 Å². The summed E-state index contributed by atoms with van der Waals surface area (Å²) in [6.07, 6.45) is 14.7. The molecule has 3 N–H and O–H groups in total. The summed E-state index contributed by atoms with van der Waals surface area (Å²) >= 11 is 0. The summed E-state index contributed by atoms with van der Waals surface area (Å²) in [5.74, 6) is 4.40. The van der Waals surface area contributed by atoms with Crippen LogP contribution in [-0.4, -0.2) is 17.9 Å². The van der Waals surface area contributed by atoms with Gasteiger partial charge in [0.1, 0.15) is 0 Å². The molecule has 0 aromatic heterocycles. The molecule has 0 amide bonds. The maximum Gasteiger partial charge on any atom is 0.0603 e. The largest absolute Gasteiger partial charge is 0.378 e. The van der Waals surface area contributed by atoms with Crippen LogP contribution in [0.3, 0.4) is 0 Å². The molecule has 3 heteroatoms. The smallest absolute Gasteiger partial charge is 0.0603 e. The summed E-state index contributed by atoms with van der Waals surface area (Å²) in [5, 5.41) is 6.50. The van der Waals surface area contributed by atoms with Crippen LogP contribution in [0.1, 0.15) is 64.2 Å². The van der Waals surface area contributed by atoms with E-state index < -0.39 is 0 Å². The zero-order valence-corrected chi connectivity index (χ0v) is 10.4. The molecule has 1 saturated heterocycles. The molecule has 3 nitrogen and oxygen atoms in total. The minimum absolute atomic E-state index is 0.621. The van der Waals surface area contributed by atoms with Gasteiger partial charge in [0.15, 0.2) is 0 Å². The van der Waals surface area contributed by atoms with Crippen LogP contribution in [-0.2, 0) is 4.74 Å². The second kappa shape index (κ2) is 8.97. The third kappa shape index (κ3) is 4.81. The molecule has 1 atom stereocenters. The molecular weight excluding hydrogens is 202 g/mol. The lowest BCUT2D eigenvalue weighted by molar-refractivity contribution is 0.0116. The van der Waals surface area contributed by atoms with Gasteiger partial charge in [0.05, 0.1) is 6.10 Å². The lowest BCUT2D eigenvalue weighted by Gasteiger charge is -2.24. The zero-order chi connectivity index (χ0) is 11.6. The molecule has 16 heavy (non-hydrogen) atoms. The van der Waals surface area contributed by atoms with Crippen LogP contribution in [0.25, 0.3) is 0 Å². The van der Waals surface area contributed by atoms with Gasteiger partial charge in [-0.1, -0.05) is 38.5 Å². The quantitative estimate of drug-likeness (QED) is 0.536. The Hall–Kier alpha value is -0.120. The van der Waals surface area contributed by atoms with Crippen molar-refractivity contribution >= 4 is 0 Å². The number of rotatable bonds is 1. The second-order valence-corrected chi connectivity index (χ2v) is 5.01. The summed E-state index contributed by atoms with van der Waals surface area (Å²) in [6, 6.07) is 0. The van der Waals surface area contributed by atoms with Crippen molar-refractivity contribution in [2.24, 2.45) is 11.8 Å². The SMILES string of the molecule is C1CCCC(C2CCCCCO2)CC1.NO. The number of nitrogens with two attached hydrogens (primary N) is 1. The van der Waals surface area contributed by atoms with Gasteiger partial charge in [0.2, 0.25) is 0 Å². The van der Waals surface area contributed by atoms with E-state index in [1.54, 1.807) is 0 Å². The highest BCUT2D eigenvalue weighted by molar-refractivity contribution is 4.75. The predicted molar refractivity (Wildman–Crippen MR) is 65.4 cm³/mol. The van der Waals surface area contributed by atoms with E-state index in [0.717, 1.165) is 12.5 Å². The van der Waals surface area contributed by atoms with E-state index in [4.69, 9.17) is 9.94 Å². The average Bonchev–Trinajstić information content (AvgIpc) is 2.76. The van der Waals surface area contributed by atoms with Gasteiger partial charge in [0.25, 0.3) is 0 Å². The Morgan fingerprint density at radius 3 is 2.00 bits per heavy atom. The predicted octanol–water partition coefficient (Wildman–Crippen LogP) is 3.25. The first kappa shape index (κ1) is 13.9. The molecule has 2 fully saturated rings.